The summed E-state index contributed by atoms with van der Waals surface area (Å²) >= 11 is 0. The SMILES string of the molecule is NCCCCCS(=O)(=O)c1ccccc1C(F)(F)F. The van der Waals surface area contributed by atoms with E-state index in [-0.39, 0.29) is 5.75 Å². The van der Waals surface area contributed by atoms with E-state index in [0.717, 1.165) is 12.1 Å². The van der Waals surface area contributed by atoms with Crippen molar-refractivity contribution in [2.75, 3.05) is 12.3 Å². The van der Waals surface area contributed by atoms with Crippen LogP contribution in [-0.4, -0.2) is 20.7 Å². The summed E-state index contributed by atoms with van der Waals surface area (Å²) in [5.41, 5.74) is 4.17. The van der Waals surface area contributed by atoms with Gasteiger partial charge in [0, 0.05) is 0 Å². The number of sulfone groups is 1. The monoisotopic (exact) mass is 295 g/mol. The lowest BCUT2D eigenvalue weighted by atomic mass is 10.2. The highest BCUT2D eigenvalue weighted by Crippen LogP contribution is 2.34. The van der Waals surface area contributed by atoms with Gasteiger partial charge in [-0.15, -0.1) is 0 Å². The summed E-state index contributed by atoms with van der Waals surface area (Å²) in [6, 6.07) is 4.26. The fourth-order valence-electron chi connectivity index (χ4n) is 1.70. The fraction of sp³-hybridized carbons (Fsp3) is 0.500. The van der Waals surface area contributed by atoms with Crippen LogP contribution in [0.4, 0.5) is 13.2 Å². The predicted molar refractivity (Wildman–Crippen MR) is 66.4 cm³/mol. The van der Waals surface area contributed by atoms with Gasteiger partial charge in [-0.2, -0.15) is 13.2 Å². The van der Waals surface area contributed by atoms with E-state index in [0.29, 0.717) is 25.8 Å². The Balaban J connectivity index is 2.96. The molecule has 0 radical (unpaired) electrons. The number of hydrogen-bond donors (Lipinski definition) is 1. The molecule has 0 fully saturated rings. The maximum atomic E-state index is 12.7. The minimum Gasteiger partial charge on any atom is -0.330 e. The molecule has 19 heavy (non-hydrogen) atoms. The highest BCUT2D eigenvalue weighted by atomic mass is 32.2. The summed E-state index contributed by atoms with van der Waals surface area (Å²) < 4.78 is 62.1. The van der Waals surface area contributed by atoms with Crippen molar-refractivity contribution < 1.29 is 21.6 Å². The third kappa shape index (κ3) is 4.50. The molecule has 0 saturated carbocycles. The fourth-order valence-corrected chi connectivity index (χ4v) is 3.30. The molecule has 108 valence electrons. The van der Waals surface area contributed by atoms with Crippen molar-refractivity contribution in [3.8, 4) is 0 Å². The molecule has 0 saturated heterocycles. The van der Waals surface area contributed by atoms with Crippen molar-refractivity contribution in [2.45, 2.75) is 30.3 Å². The van der Waals surface area contributed by atoms with Crippen LogP contribution in [-0.2, 0) is 16.0 Å². The van der Waals surface area contributed by atoms with Crippen LogP contribution in [0, 0.1) is 0 Å². The van der Waals surface area contributed by atoms with Crippen LogP contribution >= 0.6 is 0 Å². The van der Waals surface area contributed by atoms with Crippen molar-refractivity contribution in [2.24, 2.45) is 5.73 Å². The lowest BCUT2D eigenvalue weighted by molar-refractivity contribution is -0.139. The van der Waals surface area contributed by atoms with Gasteiger partial charge in [-0.25, -0.2) is 8.42 Å². The third-order valence-electron chi connectivity index (χ3n) is 2.64. The van der Waals surface area contributed by atoms with Crippen molar-refractivity contribution in [3.63, 3.8) is 0 Å². The molecule has 0 heterocycles. The van der Waals surface area contributed by atoms with Crippen molar-refractivity contribution in [1.82, 2.24) is 0 Å². The van der Waals surface area contributed by atoms with Gasteiger partial charge < -0.3 is 5.73 Å². The Bertz CT molecular complexity index is 512. The second-order valence-electron chi connectivity index (χ2n) is 4.16. The minimum absolute atomic E-state index is 0.292. The molecule has 1 aromatic rings. The second-order valence-corrected chi connectivity index (χ2v) is 6.24. The number of halogens is 3. The molecule has 0 bridgehead atoms. The molecular weight excluding hydrogens is 279 g/mol. The van der Waals surface area contributed by atoms with E-state index in [4.69, 9.17) is 5.73 Å². The van der Waals surface area contributed by atoms with Gasteiger partial charge in [-0.1, -0.05) is 18.6 Å². The van der Waals surface area contributed by atoms with Crippen LogP contribution in [0.5, 0.6) is 0 Å². The first kappa shape index (κ1) is 16.0. The molecule has 7 heteroatoms. The highest BCUT2D eigenvalue weighted by molar-refractivity contribution is 7.91. The summed E-state index contributed by atoms with van der Waals surface area (Å²) in [7, 11) is -3.92. The third-order valence-corrected chi connectivity index (χ3v) is 4.50. The second kappa shape index (κ2) is 6.38. The van der Waals surface area contributed by atoms with Gasteiger partial charge in [0.1, 0.15) is 0 Å². The Labute approximate surface area is 110 Å². The van der Waals surface area contributed by atoms with Gasteiger partial charge in [0.25, 0.3) is 0 Å². The van der Waals surface area contributed by atoms with E-state index in [1.807, 2.05) is 0 Å². The Hall–Kier alpha value is -1.08. The highest BCUT2D eigenvalue weighted by Gasteiger charge is 2.36. The van der Waals surface area contributed by atoms with Gasteiger partial charge in [0.2, 0.25) is 0 Å². The molecule has 0 aliphatic rings. The Morgan fingerprint density at radius 1 is 1.05 bits per heavy atom. The number of benzene rings is 1. The van der Waals surface area contributed by atoms with Crippen molar-refractivity contribution in [1.29, 1.82) is 0 Å². The summed E-state index contributed by atoms with van der Waals surface area (Å²) in [5, 5.41) is 0. The quantitative estimate of drug-likeness (QED) is 0.821. The number of hydrogen-bond acceptors (Lipinski definition) is 3. The zero-order valence-corrected chi connectivity index (χ0v) is 11.1. The predicted octanol–water partition coefficient (Wildman–Crippen LogP) is 2.61. The standard InChI is InChI=1S/C12H16F3NO2S/c13-12(14,15)10-6-2-3-7-11(10)19(17,18)9-5-1-4-8-16/h2-3,6-7H,1,4-5,8-9,16H2. The van der Waals surface area contributed by atoms with Crippen LogP contribution in [0.15, 0.2) is 29.2 Å². The molecule has 0 atom stereocenters. The molecule has 3 nitrogen and oxygen atoms in total. The summed E-state index contributed by atoms with van der Waals surface area (Å²) in [6.45, 7) is 0.444. The molecular formula is C12H16F3NO2S. The first-order chi connectivity index (χ1) is 8.79. The zero-order valence-electron chi connectivity index (χ0n) is 10.3. The topological polar surface area (TPSA) is 60.2 Å². The van der Waals surface area contributed by atoms with Crippen molar-refractivity contribution in [3.05, 3.63) is 29.8 Å². The molecule has 0 spiro atoms. The lowest BCUT2D eigenvalue weighted by Crippen LogP contribution is -2.15. The smallest absolute Gasteiger partial charge is 0.330 e. The van der Waals surface area contributed by atoms with E-state index >= 15 is 0 Å². The first-order valence-corrected chi connectivity index (χ1v) is 7.53. The molecule has 0 aromatic heterocycles. The van der Waals surface area contributed by atoms with E-state index < -0.39 is 26.5 Å². The summed E-state index contributed by atoms with van der Waals surface area (Å²) in [4.78, 5) is -0.643. The molecule has 0 amide bonds. The van der Waals surface area contributed by atoms with Gasteiger partial charge in [-0.3, -0.25) is 0 Å². The zero-order chi connectivity index (χ0) is 14.5. The van der Waals surface area contributed by atoms with Crippen LogP contribution in [0.1, 0.15) is 24.8 Å². The van der Waals surface area contributed by atoms with E-state index in [1.54, 1.807) is 0 Å². The molecule has 2 N–H and O–H groups in total. The molecule has 1 rings (SSSR count). The maximum absolute atomic E-state index is 12.7. The number of rotatable bonds is 6. The Morgan fingerprint density at radius 2 is 1.68 bits per heavy atom. The van der Waals surface area contributed by atoms with Gasteiger partial charge >= 0.3 is 6.18 Å². The van der Waals surface area contributed by atoms with E-state index in [2.05, 4.69) is 0 Å². The van der Waals surface area contributed by atoms with Gasteiger partial charge in [0.05, 0.1) is 16.2 Å². The average molecular weight is 295 g/mol. The molecule has 1 aromatic carbocycles. The van der Waals surface area contributed by atoms with Gasteiger partial charge in [-0.05, 0) is 31.5 Å². The van der Waals surface area contributed by atoms with Gasteiger partial charge in [0.15, 0.2) is 9.84 Å². The maximum Gasteiger partial charge on any atom is 0.417 e. The van der Waals surface area contributed by atoms with Crippen molar-refractivity contribution >= 4 is 9.84 Å². The largest absolute Gasteiger partial charge is 0.417 e. The van der Waals surface area contributed by atoms with E-state index in [9.17, 15) is 21.6 Å². The van der Waals surface area contributed by atoms with Crippen LogP contribution in [0.25, 0.3) is 0 Å². The normalized spacial score (nSPS) is 12.6. The minimum atomic E-state index is -4.67. The molecule has 0 unspecified atom stereocenters. The van der Waals surface area contributed by atoms with Crippen LogP contribution < -0.4 is 5.73 Å². The Kier molecular flexibility index (Phi) is 5.37. The van der Waals surface area contributed by atoms with Crippen LogP contribution in [0.3, 0.4) is 0 Å². The molecule has 0 aliphatic heterocycles. The lowest BCUT2D eigenvalue weighted by Gasteiger charge is -2.12. The number of unbranched alkanes of at least 4 members (excludes halogenated alkanes) is 2. The average Bonchev–Trinajstić information content (AvgIpc) is 2.34. The molecule has 0 aliphatic carbocycles. The summed E-state index contributed by atoms with van der Waals surface area (Å²) in [6.07, 6.45) is -3.10. The number of alkyl halides is 3. The van der Waals surface area contributed by atoms with E-state index in [1.165, 1.54) is 12.1 Å². The number of nitrogens with two attached hydrogens (primary N) is 1. The first-order valence-electron chi connectivity index (χ1n) is 5.88. The summed E-state index contributed by atoms with van der Waals surface area (Å²) in [5.74, 6) is -0.292. The Morgan fingerprint density at radius 3 is 2.26 bits per heavy atom. The van der Waals surface area contributed by atoms with Crippen LogP contribution in [0.2, 0.25) is 0 Å².